The number of hydrogen-bond acceptors (Lipinski definition) is 3. The first-order chi connectivity index (χ1) is 8.66. The second-order valence-corrected chi connectivity index (χ2v) is 5.05. The SMILES string of the molecule is CN(Cc1ccsc1)Cc1ccccc1C(=O)O. The van der Waals surface area contributed by atoms with E-state index >= 15 is 0 Å². The quantitative estimate of drug-likeness (QED) is 0.899. The molecule has 0 saturated heterocycles. The Morgan fingerprint density at radius 2 is 2.06 bits per heavy atom. The van der Waals surface area contributed by atoms with Crippen molar-refractivity contribution in [3.05, 3.63) is 57.8 Å². The average Bonchev–Trinajstić information content (AvgIpc) is 2.82. The molecular formula is C14H15NO2S. The Labute approximate surface area is 110 Å². The molecule has 0 bridgehead atoms. The van der Waals surface area contributed by atoms with E-state index in [4.69, 9.17) is 5.11 Å². The van der Waals surface area contributed by atoms with E-state index in [1.807, 2.05) is 24.6 Å². The molecule has 1 N–H and O–H groups in total. The van der Waals surface area contributed by atoms with E-state index in [9.17, 15) is 4.79 Å². The zero-order valence-electron chi connectivity index (χ0n) is 10.2. The van der Waals surface area contributed by atoms with Crippen molar-refractivity contribution < 1.29 is 9.90 Å². The summed E-state index contributed by atoms with van der Waals surface area (Å²) in [5.74, 6) is -0.866. The van der Waals surface area contributed by atoms with Crippen LogP contribution < -0.4 is 0 Å². The molecule has 0 aliphatic rings. The van der Waals surface area contributed by atoms with Crippen molar-refractivity contribution in [2.24, 2.45) is 0 Å². The van der Waals surface area contributed by atoms with Gasteiger partial charge in [-0.05, 0) is 41.1 Å². The monoisotopic (exact) mass is 261 g/mol. The molecule has 0 aliphatic carbocycles. The Hall–Kier alpha value is -1.65. The van der Waals surface area contributed by atoms with Gasteiger partial charge in [0, 0.05) is 13.1 Å². The number of rotatable bonds is 5. The first kappa shape index (κ1) is 12.8. The molecule has 18 heavy (non-hydrogen) atoms. The topological polar surface area (TPSA) is 40.5 Å². The predicted molar refractivity (Wildman–Crippen MR) is 72.9 cm³/mol. The Morgan fingerprint density at radius 3 is 2.72 bits per heavy atom. The number of aromatic carboxylic acids is 1. The third kappa shape index (κ3) is 3.18. The second-order valence-electron chi connectivity index (χ2n) is 4.27. The Bertz CT molecular complexity index is 522. The minimum absolute atomic E-state index is 0.384. The van der Waals surface area contributed by atoms with Gasteiger partial charge in [0.2, 0.25) is 0 Å². The van der Waals surface area contributed by atoms with Crippen LogP contribution in [0.1, 0.15) is 21.5 Å². The van der Waals surface area contributed by atoms with E-state index in [1.54, 1.807) is 23.5 Å². The van der Waals surface area contributed by atoms with Crippen LogP contribution in [0.15, 0.2) is 41.1 Å². The van der Waals surface area contributed by atoms with Crippen molar-refractivity contribution in [2.75, 3.05) is 7.05 Å². The van der Waals surface area contributed by atoms with Crippen molar-refractivity contribution in [1.82, 2.24) is 4.90 Å². The Balaban J connectivity index is 2.07. The summed E-state index contributed by atoms with van der Waals surface area (Å²) in [6.45, 7) is 1.47. The first-order valence-electron chi connectivity index (χ1n) is 5.67. The number of carboxylic acid groups (broad SMARTS) is 1. The molecule has 1 aromatic carbocycles. The molecule has 4 heteroatoms. The third-order valence-electron chi connectivity index (χ3n) is 2.72. The molecular weight excluding hydrogens is 246 g/mol. The molecule has 0 saturated carbocycles. The van der Waals surface area contributed by atoms with Gasteiger partial charge in [-0.15, -0.1) is 0 Å². The van der Waals surface area contributed by atoms with E-state index < -0.39 is 5.97 Å². The van der Waals surface area contributed by atoms with Gasteiger partial charge in [0.25, 0.3) is 0 Å². The average molecular weight is 261 g/mol. The highest BCUT2D eigenvalue weighted by molar-refractivity contribution is 7.07. The van der Waals surface area contributed by atoms with E-state index in [1.165, 1.54) is 5.56 Å². The van der Waals surface area contributed by atoms with Gasteiger partial charge in [-0.3, -0.25) is 4.90 Å². The summed E-state index contributed by atoms with van der Waals surface area (Å²) in [6.07, 6.45) is 0. The molecule has 0 fully saturated rings. The van der Waals surface area contributed by atoms with Gasteiger partial charge >= 0.3 is 5.97 Å². The van der Waals surface area contributed by atoms with Crippen molar-refractivity contribution in [1.29, 1.82) is 0 Å². The van der Waals surface area contributed by atoms with Crippen molar-refractivity contribution in [3.8, 4) is 0 Å². The van der Waals surface area contributed by atoms with Crippen LogP contribution in [0.2, 0.25) is 0 Å². The van der Waals surface area contributed by atoms with E-state index in [0.29, 0.717) is 12.1 Å². The summed E-state index contributed by atoms with van der Waals surface area (Å²) >= 11 is 1.68. The minimum Gasteiger partial charge on any atom is -0.478 e. The van der Waals surface area contributed by atoms with Crippen LogP contribution >= 0.6 is 11.3 Å². The Kier molecular flexibility index (Phi) is 4.12. The van der Waals surface area contributed by atoms with Crippen LogP contribution in [0.4, 0.5) is 0 Å². The number of benzene rings is 1. The van der Waals surface area contributed by atoms with Gasteiger partial charge in [0.1, 0.15) is 0 Å². The predicted octanol–water partition coefficient (Wildman–Crippen LogP) is 3.08. The molecule has 0 spiro atoms. The van der Waals surface area contributed by atoms with E-state index in [0.717, 1.165) is 12.1 Å². The number of nitrogens with zero attached hydrogens (tertiary/aromatic N) is 1. The fourth-order valence-electron chi connectivity index (χ4n) is 1.91. The maximum absolute atomic E-state index is 11.1. The summed E-state index contributed by atoms with van der Waals surface area (Å²) < 4.78 is 0. The van der Waals surface area contributed by atoms with Gasteiger partial charge < -0.3 is 5.11 Å². The van der Waals surface area contributed by atoms with Crippen LogP contribution in [-0.2, 0) is 13.1 Å². The van der Waals surface area contributed by atoms with Gasteiger partial charge in [-0.2, -0.15) is 11.3 Å². The lowest BCUT2D eigenvalue weighted by Crippen LogP contribution is -2.18. The fourth-order valence-corrected chi connectivity index (χ4v) is 2.57. The lowest BCUT2D eigenvalue weighted by molar-refractivity contribution is 0.0694. The zero-order valence-corrected chi connectivity index (χ0v) is 11.0. The van der Waals surface area contributed by atoms with E-state index in [-0.39, 0.29) is 0 Å². The number of thiophene rings is 1. The maximum atomic E-state index is 11.1. The van der Waals surface area contributed by atoms with Gasteiger partial charge in [-0.25, -0.2) is 4.79 Å². The molecule has 0 radical (unpaired) electrons. The minimum atomic E-state index is -0.866. The molecule has 3 nitrogen and oxygen atoms in total. The van der Waals surface area contributed by atoms with Crippen LogP contribution in [0.5, 0.6) is 0 Å². The molecule has 94 valence electrons. The molecule has 2 rings (SSSR count). The summed E-state index contributed by atoms with van der Waals surface area (Å²) in [7, 11) is 2.00. The summed E-state index contributed by atoms with van der Waals surface area (Å²) in [4.78, 5) is 13.2. The molecule has 2 aromatic rings. The summed E-state index contributed by atoms with van der Waals surface area (Å²) in [6, 6.07) is 9.24. The maximum Gasteiger partial charge on any atom is 0.336 e. The number of hydrogen-bond donors (Lipinski definition) is 1. The summed E-state index contributed by atoms with van der Waals surface area (Å²) in [5.41, 5.74) is 2.49. The highest BCUT2D eigenvalue weighted by atomic mass is 32.1. The molecule has 1 aromatic heterocycles. The molecule has 0 atom stereocenters. The first-order valence-corrected chi connectivity index (χ1v) is 6.62. The smallest absolute Gasteiger partial charge is 0.336 e. The molecule has 1 heterocycles. The van der Waals surface area contributed by atoms with Crippen LogP contribution in [-0.4, -0.2) is 23.0 Å². The van der Waals surface area contributed by atoms with Crippen LogP contribution in [0.25, 0.3) is 0 Å². The lowest BCUT2D eigenvalue weighted by atomic mass is 10.1. The normalized spacial score (nSPS) is 10.8. The van der Waals surface area contributed by atoms with Crippen LogP contribution in [0, 0.1) is 0 Å². The highest BCUT2D eigenvalue weighted by Gasteiger charge is 2.10. The summed E-state index contributed by atoms with van der Waals surface area (Å²) in [5, 5.41) is 13.3. The second kappa shape index (κ2) is 5.80. The third-order valence-corrected chi connectivity index (χ3v) is 3.45. The molecule has 0 aliphatic heterocycles. The molecule has 0 unspecified atom stereocenters. The van der Waals surface area contributed by atoms with Gasteiger partial charge in [0.15, 0.2) is 0 Å². The molecule has 0 amide bonds. The highest BCUT2D eigenvalue weighted by Crippen LogP contribution is 2.14. The van der Waals surface area contributed by atoms with Gasteiger partial charge in [0.05, 0.1) is 5.56 Å². The van der Waals surface area contributed by atoms with Crippen LogP contribution in [0.3, 0.4) is 0 Å². The lowest BCUT2D eigenvalue weighted by Gasteiger charge is -2.17. The van der Waals surface area contributed by atoms with Crippen molar-refractivity contribution in [3.63, 3.8) is 0 Å². The van der Waals surface area contributed by atoms with E-state index in [2.05, 4.69) is 16.3 Å². The fraction of sp³-hybridized carbons (Fsp3) is 0.214. The zero-order chi connectivity index (χ0) is 13.0. The number of carboxylic acids is 1. The van der Waals surface area contributed by atoms with Crippen molar-refractivity contribution >= 4 is 17.3 Å². The largest absolute Gasteiger partial charge is 0.478 e. The standard InChI is InChI=1S/C14H15NO2S/c1-15(8-11-6-7-18-10-11)9-12-4-2-3-5-13(12)14(16)17/h2-7,10H,8-9H2,1H3,(H,16,17). The van der Waals surface area contributed by atoms with Crippen molar-refractivity contribution in [2.45, 2.75) is 13.1 Å². The number of carbonyl (C=O) groups is 1. The Morgan fingerprint density at radius 1 is 1.28 bits per heavy atom. The van der Waals surface area contributed by atoms with Gasteiger partial charge in [-0.1, -0.05) is 18.2 Å².